The Labute approximate surface area is 76.1 Å². The van der Waals surface area contributed by atoms with Crippen LogP contribution in [0.25, 0.3) is 0 Å². The van der Waals surface area contributed by atoms with Gasteiger partial charge in [-0.2, -0.15) is 0 Å². The van der Waals surface area contributed by atoms with E-state index < -0.39 is 0 Å². The summed E-state index contributed by atoms with van der Waals surface area (Å²) in [4.78, 5) is 2.55. The van der Waals surface area contributed by atoms with Crippen molar-refractivity contribution in [3.05, 3.63) is 0 Å². The highest BCUT2D eigenvalue weighted by Crippen LogP contribution is 2.20. The third-order valence-corrected chi connectivity index (χ3v) is 2.92. The fraction of sp³-hybridized carbons (Fsp3) is 1.00. The van der Waals surface area contributed by atoms with E-state index in [0.717, 1.165) is 12.6 Å². The first-order valence-electron chi connectivity index (χ1n) is 5.16. The molecule has 1 heterocycles. The largest absolute Gasteiger partial charge is 0.327 e. The molecule has 1 saturated heterocycles. The summed E-state index contributed by atoms with van der Waals surface area (Å²) < 4.78 is 0. The van der Waals surface area contributed by atoms with Gasteiger partial charge in [0.25, 0.3) is 0 Å². The Morgan fingerprint density at radius 2 is 2.08 bits per heavy atom. The Balaban J connectivity index is 2.52. The fourth-order valence-electron chi connectivity index (χ4n) is 2.15. The number of hydrogen-bond acceptors (Lipinski definition) is 2. The molecule has 2 atom stereocenters. The van der Waals surface area contributed by atoms with Gasteiger partial charge in [0, 0.05) is 24.7 Å². The molecule has 2 nitrogen and oxygen atoms in total. The van der Waals surface area contributed by atoms with Gasteiger partial charge in [-0.3, -0.25) is 4.90 Å². The standard InChI is InChI=1S/C10H22N2/c1-4-10-6-5-9(11)7-12(10)8(2)3/h8-10H,4-7,11H2,1-3H3. The highest BCUT2D eigenvalue weighted by Gasteiger charge is 2.26. The molecule has 0 saturated carbocycles. The van der Waals surface area contributed by atoms with Crippen LogP contribution in [0.15, 0.2) is 0 Å². The molecule has 2 N–H and O–H groups in total. The molecule has 0 bridgehead atoms. The van der Waals surface area contributed by atoms with Crippen molar-refractivity contribution in [2.24, 2.45) is 5.73 Å². The molecule has 1 aliphatic rings. The fourth-order valence-corrected chi connectivity index (χ4v) is 2.15. The van der Waals surface area contributed by atoms with Crippen LogP contribution in [0.5, 0.6) is 0 Å². The highest BCUT2D eigenvalue weighted by molar-refractivity contribution is 4.84. The molecule has 0 spiro atoms. The van der Waals surface area contributed by atoms with Crippen LogP contribution in [0, 0.1) is 0 Å². The molecule has 2 heteroatoms. The zero-order valence-electron chi connectivity index (χ0n) is 8.59. The van der Waals surface area contributed by atoms with Crippen LogP contribution < -0.4 is 5.73 Å². The minimum absolute atomic E-state index is 0.412. The molecule has 0 amide bonds. The minimum Gasteiger partial charge on any atom is -0.327 e. The lowest BCUT2D eigenvalue weighted by molar-refractivity contribution is 0.0968. The Hall–Kier alpha value is -0.0800. The second kappa shape index (κ2) is 4.24. The van der Waals surface area contributed by atoms with Crippen molar-refractivity contribution in [3.63, 3.8) is 0 Å². The van der Waals surface area contributed by atoms with Crippen molar-refractivity contribution in [2.45, 2.75) is 58.2 Å². The van der Waals surface area contributed by atoms with Gasteiger partial charge in [-0.05, 0) is 33.1 Å². The first-order valence-corrected chi connectivity index (χ1v) is 5.16. The number of nitrogens with zero attached hydrogens (tertiary/aromatic N) is 1. The van der Waals surface area contributed by atoms with Crippen molar-refractivity contribution >= 4 is 0 Å². The molecular weight excluding hydrogens is 148 g/mol. The molecule has 12 heavy (non-hydrogen) atoms. The third kappa shape index (κ3) is 2.20. The van der Waals surface area contributed by atoms with Crippen molar-refractivity contribution in [3.8, 4) is 0 Å². The van der Waals surface area contributed by atoms with Gasteiger partial charge in [0.1, 0.15) is 0 Å². The topological polar surface area (TPSA) is 29.3 Å². The minimum atomic E-state index is 0.412. The van der Waals surface area contributed by atoms with Crippen LogP contribution >= 0.6 is 0 Å². The Bertz CT molecular complexity index is 134. The number of rotatable bonds is 2. The smallest absolute Gasteiger partial charge is 0.0168 e. The van der Waals surface area contributed by atoms with E-state index in [4.69, 9.17) is 5.73 Å². The number of hydrogen-bond donors (Lipinski definition) is 1. The summed E-state index contributed by atoms with van der Waals surface area (Å²) in [5.41, 5.74) is 5.94. The van der Waals surface area contributed by atoms with E-state index in [2.05, 4.69) is 25.7 Å². The lowest BCUT2D eigenvalue weighted by Crippen LogP contribution is -2.51. The number of nitrogens with two attached hydrogens (primary N) is 1. The van der Waals surface area contributed by atoms with Crippen molar-refractivity contribution in [1.29, 1.82) is 0 Å². The van der Waals surface area contributed by atoms with Crippen LogP contribution in [0.3, 0.4) is 0 Å². The Morgan fingerprint density at radius 1 is 1.42 bits per heavy atom. The molecule has 0 aliphatic carbocycles. The van der Waals surface area contributed by atoms with E-state index in [9.17, 15) is 0 Å². The summed E-state index contributed by atoms with van der Waals surface area (Å²) in [5.74, 6) is 0. The quantitative estimate of drug-likeness (QED) is 0.682. The van der Waals surface area contributed by atoms with E-state index in [1.165, 1.54) is 19.3 Å². The summed E-state index contributed by atoms with van der Waals surface area (Å²) in [6.45, 7) is 7.90. The number of likely N-dealkylation sites (tertiary alicyclic amines) is 1. The molecule has 1 rings (SSSR count). The first kappa shape index (κ1) is 10.0. The average Bonchev–Trinajstić information content (AvgIpc) is 2.04. The first-order chi connectivity index (χ1) is 5.65. The average molecular weight is 170 g/mol. The van der Waals surface area contributed by atoms with Crippen molar-refractivity contribution in [1.82, 2.24) is 4.90 Å². The van der Waals surface area contributed by atoms with Gasteiger partial charge < -0.3 is 5.73 Å². The van der Waals surface area contributed by atoms with Crippen LogP contribution in [0.4, 0.5) is 0 Å². The Kier molecular flexibility index (Phi) is 3.53. The second-order valence-corrected chi connectivity index (χ2v) is 4.19. The molecule has 0 radical (unpaired) electrons. The van der Waals surface area contributed by atoms with Gasteiger partial charge in [0.15, 0.2) is 0 Å². The summed E-state index contributed by atoms with van der Waals surface area (Å²) >= 11 is 0. The monoisotopic (exact) mass is 170 g/mol. The summed E-state index contributed by atoms with van der Waals surface area (Å²) in [6.07, 6.45) is 3.77. The van der Waals surface area contributed by atoms with E-state index >= 15 is 0 Å². The zero-order valence-corrected chi connectivity index (χ0v) is 8.59. The second-order valence-electron chi connectivity index (χ2n) is 4.19. The normalized spacial score (nSPS) is 32.8. The third-order valence-electron chi connectivity index (χ3n) is 2.92. The molecule has 0 aromatic carbocycles. The van der Waals surface area contributed by atoms with Crippen molar-refractivity contribution in [2.75, 3.05) is 6.54 Å². The maximum absolute atomic E-state index is 5.94. The van der Waals surface area contributed by atoms with Crippen LogP contribution in [0.1, 0.15) is 40.0 Å². The summed E-state index contributed by atoms with van der Waals surface area (Å²) in [7, 11) is 0. The van der Waals surface area contributed by atoms with Gasteiger partial charge in [-0.1, -0.05) is 6.92 Å². The van der Waals surface area contributed by atoms with Gasteiger partial charge in [-0.15, -0.1) is 0 Å². The zero-order chi connectivity index (χ0) is 9.14. The van der Waals surface area contributed by atoms with Crippen LogP contribution in [-0.2, 0) is 0 Å². The molecule has 2 unspecified atom stereocenters. The summed E-state index contributed by atoms with van der Waals surface area (Å²) in [6, 6.07) is 1.85. The van der Waals surface area contributed by atoms with Crippen LogP contribution in [0.2, 0.25) is 0 Å². The maximum atomic E-state index is 5.94. The van der Waals surface area contributed by atoms with Crippen LogP contribution in [-0.4, -0.2) is 29.6 Å². The molecule has 0 aromatic heterocycles. The number of piperidine rings is 1. The predicted octanol–water partition coefficient (Wildman–Crippen LogP) is 1.60. The lowest BCUT2D eigenvalue weighted by Gasteiger charge is -2.40. The van der Waals surface area contributed by atoms with E-state index in [-0.39, 0.29) is 0 Å². The van der Waals surface area contributed by atoms with Gasteiger partial charge in [0.05, 0.1) is 0 Å². The van der Waals surface area contributed by atoms with E-state index in [0.29, 0.717) is 12.1 Å². The van der Waals surface area contributed by atoms with Gasteiger partial charge >= 0.3 is 0 Å². The van der Waals surface area contributed by atoms with Gasteiger partial charge in [0.2, 0.25) is 0 Å². The summed E-state index contributed by atoms with van der Waals surface area (Å²) in [5, 5.41) is 0. The van der Waals surface area contributed by atoms with E-state index in [1.807, 2.05) is 0 Å². The van der Waals surface area contributed by atoms with Crippen molar-refractivity contribution < 1.29 is 0 Å². The molecule has 1 aliphatic heterocycles. The molecule has 1 fully saturated rings. The maximum Gasteiger partial charge on any atom is 0.0168 e. The molecular formula is C10H22N2. The SMILES string of the molecule is CCC1CCC(N)CN1C(C)C. The highest BCUT2D eigenvalue weighted by atomic mass is 15.2. The molecule has 72 valence electrons. The molecule has 0 aromatic rings. The lowest BCUT2D eigenvalue weighted by atomic mass is 9.95. The predicted molar refractivity (Wildman–Crippen MR) is 53.1 cm³/mol. The Morgan fingerprint density at radius 3 is 2.58 bits per heavy atom. The van der Waals surface area contributed by atoms with Gasteiger partial charge in [-0.25, -0.2) is 0 Å². The van der Waals surface area contributed by atoms with E-state index in [1.54, 1.807) is 0 Å².